The first-order chi connectivity index (χ1) is 13.2. The highest BCUT2D eigenvalue weighted by molar-refractivity contribution is 7.80. The van der Waals surface area contributed by atoms with Crippen molar-refractivity contribution in [2.45, 2.75) is 19.9 Å². The fourth-order valence-corrected chi connectivity index (χ4v) is 3.84. The number of fused-ring (bicyclic) bond motifs is 1. The number of ether oxygens (including phenoxy) is 2. The van der Waals surface area contributed by atoms with E-state index in [0.29, 0.717) is 6.79 Å². The summed E-state index contributed by atoms with van der Waals surface area (Å²) in [6.07, 6.45) is 0.995. The summed E-state index contributed by atoms with van der Waals surface area (Å²) < 4.78 is 10.9. The monoisotopic (exact) mass is 383 g/mol. The summed E-state index contributed by atoms with van der Waals surface area (Å²) in [6.45, 7) is 7.26. The highest BCUT2D eigenvalue weighted by atomic mass is 32.1. The van der Waals surface area contributed by atoms with Gasteiger partial charge in [0, 0.05) is 38.4 Å². The van der Waals surface area contributed by atoms with Gasteiger partial charge in [-0.05, 0) is 48.0 Å². The van der Waals surface area contributed by atoms with Crippen molar-refractivity contribution >= 4 is 23.0 Å². The minimum absolute atomic E-state index is 0.322. The standard InChI is InChI=1S/C21H25N3O2S/c1-2-17-5-3-4-6-18(17)22-21(27)24-11-9-23(10-12-24)14-16-7-8-19-20(13-16)26-15-25-19/h3-8,13H,2,9-12,14-15H2,1H3,(H,22,27). The van der Waals surface area contributed by atoms with Crippen molar-refractivity contribution in [1.29, 1.82) is 0 Å². The van der Waals surface area contributed by atoms with E-state index < -0.39 is 0 Å². The third-order valence-corrected chi connectivity index (χ3v) is 5.50. The Hall–Kier alpha value is -2.31. The Morgan fingerprint density at radius 2 is 1.81 bits per heavy atom. The number of rotatable bonds is 4. The number of benzene rings is 2. The van der Waals surface area contributed by atoms with Crippen LogP contribution in [0.2, 0.25) is 0 Å². The fraction of sp³-hybridized carbons (Fsp3) is 0.381. The van der Waals surface area contributed by atoms with Crippen LogP contribution in [0.15, 0.2) is 42.5 Å². The van der Waals surface area contributed by atoms with Crippen LogP contribution in [0.4, 0.5) is 5.69 Å². The topological polar surface area (TPSA) is 37.0 Å². The number of para-hydroxylation sites is 1. The van der Waals surface area contributed by atoms with E-state index in [-0.39, 0.29) is 0 Å². The molecule has 1 fully saturated rings. The second-order valence-corrected chi connectivity index (χ2v) is 7.28. The van der Waals surface area contributed by atoms with E-state index >= 15 is 0 Å². The van der Waals surface area contributed by atoms with E-state index in [9.17, 15) is 0 Å². The van der Waals surface area contributed by atoms with Crippen molar-refractivity contribution in [3.05, 3.63) is 53.6 Å². The molecular weight excluding hydrogens is 358 g/mol. The summed E-state index contributed by atoms with van der Waals surface area (Å²) in [4.78, 5) is 4.72. The molecule has 0 saturated carbocycles. The van der Waals surface area contributed by atoms with Gasteiger partial charge in [0.1, 0.15) is 0 Å². The number of aryl methyl sites for hydroxylation is 1. The van der Waals surface area contributed by atoms with E-state index in [1.54, 1.807) is 0 Å². The Kier molecular flexibility index (Phi) is 5.45. The zero-order chi connectivity index (χ0) is 18.6. The van der Waals surface area contributed by atoms with Gasteiger partial charge in [-0.25, -0.2) is 0 Å². The van der Waals surface area contributed by atoms with Gasteiger partial charge in [0.05, 0.1) is 0 Å². The molecule has 2 aliphatic heterocycles. The molecular formula is C21H25N3O2S. The summed E-state index contributed by atoms with van der Waals surface area (Å²) in [5.41, 5.74) is 3.67. The van der Waals surface area contributed by atoms with Crippen molar-refractivity contribution in [2.75, 3.05) is 38.3 Å². The first kappa shape index (κ1) is 18.1. The molecule has 0 atom stereocenters. The molecule has 0 amide bonds. The van der Waals surface area contributed by atoms with E-state index in [0.717, 1.165) is 61.4 Å². The van der Waals surface area contributed by atoms with Gasteiger partial charge in [-0.2, -0.15) is 0 Å². The van der Waals surface area contributed by atoms with Crippen LogP contribution < -0.4 is 14.8 Å². The van der Waals surface area contributed by atoms with E-state index in [2.05, 4.69) is 52.4 Å². The number of nitrogens with zero attached hydrogens (tertiary/aromatic N) is 2. The summed E-state index contributed by atoms with van der Waals surface area (Å²) in [5.74, 6) is 1.69. The Labute approximate surface area is 165 Å². The lowest BCUT2D eigenvalue weighted by Gasteiger charge is -2.36. The average molecular weight is 384 g/mol. The van der Waals surface area contributed by atoms with Gasteiger partial charge in [0.15, 0.2) is 16.6 Å². The first-order valence-electron chi connectivity index (χ1n) is 9.47. The second kappa shape index (κ2) is 8.15. The van der Waals surface area contributed by atoms with Crippen LogP contribution in [0.1, 0.15) is 18.1 Å². The molecule has 1 N–H and O–H groups in total. The van der Waals surface area contributed by atoms with Crippen LogP contribution in [-0.2, 0) is 13.0 Å². The zero-order valence-electron chi connectivity index (χ0n) is 15.6. The van der Waals surface area contributed by atoms with Gasteiger partial charge < -0.3 is 19.7 Å². The maximum atomic E-state index is 5.65. The summed E-state index contributed by atoms with van der Waals surface area (Å²) in [7, 11) is 0. The second-order valence-electron chi connectivity index (χ2n) is 6.89. The number of hydrogen-bond donors (Lipinski definition) is 1. The lowest BCUT2D eigenvalue weighted by molar-refractivity contribution is 0.173. The lowest BCUT2D eigenvalue weighted by atomic mass is 10.1. The molecule has 0 unspecified atom stereocenters. The highest BCUT2D eigenvalue weighted by Crippen LogP contribution is 2.32. The molecule has 5 nitrogen and oxygen atoms in total. The quantitative estimate of drug-likeness (QED) is 0.815. The SMILES string of the molecule is CCc1ccccc1NC(=S)N1CCN(Cc2ccc3c(c2)OCO3)CC1. The van der Waals surface area contributed by atoms with Crippen molar-refractivity contribution < 1.29 is 9.47 Å². The molecule has 2 aromatic rings. The molecule has 0 radical (unpaired) electrons. The molecule has 0 aliphatic carbocycles. The zero-order valence-corrected chi connectivity index (χ0v) is 16.4. The van der Waals surface area contributed by atoms with Crippen LogP contribution >= 0.6 is 12.2 Å². The predicted molar refractivity (Wildman–Crippen MR) is 111 cm³/mol. The number of anilines is 1. The molecule has 1 saturated heterocycles. The lowest BCUT2D eigenvalue weighted by Crippen LogP contribution is -2.49. The highest BCUT2D eigenvalue weighted by Gasteiger charge is 2.20. The summed E-state index contributed by atoms with van der Waals surface area (Å²) in [6, 6.07) is 14.6. The van der Waals surface area contributed by atoms with Crippen molar-refractivity contribution in [1.82, 2.24) is 9.80 Å². The molecule has 2 aromatic carbocycles. The molecule has 4 rings (SSSR count). The van der Waals surface area contributed by atoms with Crippen LogP contribution in [0.25, 0.3) is 0 Å². The fourth-order valence-electron chi connectivity index (χ4n) is 3.55. The largest absolute Gasteiger partial charge is 0.454 e. The summed E-state index contributed by atoms with van der Waals surface area (Å²) in [5, 5.41) is 4.25. The molecule has 0 aromatic heterocycles. The van der Waals surface area contributed by atoms with Crippen molar-refractivity contribution in [3.8, 4) is 11.5 Å². The van der Waals surface area contributed by atoms with E-state index in [1.807, 2.05) is 12.1 Å². The molecule has 2 heterocycles. The smallest absolute Gasteiger partial charge is 0.231 e. The Bertz CT molecular complexity index is 819. The van der Waals surface area contributed by atoms with Gasteiger partial charge in [-0.3, -0.25) is 4.90 Å². The van der Waals surface area contributed by atoms with Gasteiger partial charge in [0.25, 0.3) is 0 Å². The third-order valence-electron chi connectivity index (χ3n) is 5.14. The van der Waals surface area contributed by atoms with Gasteiger partial charge >= 0.3 is 0 Å². The van der Waals surface area contributed by atoms with Crippen LogP contribution in [-0.4, -0.2) is 47.9 Å². The maximum Gasteiger partial charge on any atom is 0.231 e. The Morgan fingerprint density at radius 3 is 2.63 bits per heavy atom. The Balaban J connectivity index is 1.30. The van der Waals surface area contributed by atoms with Crippen LogP contribution in [0.5, 0.6) is 11.5 Å². The molecule has 6 heteroatoms. The van der Waals surface area contributed by atoms with Gasteiger partial charge in [0.2, 0.25) is 6.79 Å². The van der Waals surface area contributed by atoms with Crippen molar-refractivity contribution in [3.63, 3.8) is 0 Å². The molecule has 0 bridgehead atoms. The minimum atomic E-state index is 0.322. The number of nitrogens with one attached hydrogen (secondary N) is 1. The van der Waals surface area contributed by atoms with Gasteiger partial charge in [-0.1, -0.05) is 31.2 Å². The number of piperazine rings is 1. The first-order valence-corrected chi connectivity index (χ1v) is 9.88. The van der Waals surface area contributed by atoms with Gasteiger partial charge in [-0.15, -0.1) is 0 Å². The molecule has 142 valence electrons. The number of hydrogen-bond acceptors (Lipinski definition) is 4. The molecule has 2 aliphatic rings. The summed E-state index contributed by atoms with van der Waals surface area (Å²) >= 11 is 5.65. The predicted octanol–water partition coefficient (Wildman–Crippen LogP) is 3.49. The molecule has 27 heavy (non-hydrogen) atoms. The van der Waals surface area contributed by atoms with Crippen molar-refractivity contribution in [2.24, 2.45) is 0 Å². The van der Waals surface area contributed by atoms with E-state index in [1.165, 1.54) is 11.1 Å². The van der Waals surface area contributed by atoms with E-state index in [4.69, 9.17) is 21.7 Å². The normalized spacial score (nSPS) is 16.4. The average Bonchev–Trinajstić information content (AvgIpc) is 3.17. The number of thiocarbonyl (C=S) groups is 1. The van der Waals surface area contributed by atoms with Crippen LogP contribution in [0, 0.1) is 0 Å². The molecule has 0 spiro atoms. The Morgan fingerprint density at radius 1 is 1.04 bits per heavy atom. The minimum Gasteiger partial charge on any atom is -0.454 e. The maximum absolute atomic E-state index is 5.65. The van der Waals surface area contributed by atoms with Crippen LogP contribution in [0.3, 0.4) is 0 Å². The third kappa shape index (κ3) is 4.17.